The number of sulfonamides is 2. The Morgan fingerprint density at radius 1 is 0.398 bits per heavy atom. The second kappa shape index (κ2) is 55.9. The maximum absolute atomic E-state index is 12.8. The van der Waals surface area contributed by atoms with E-state index in [0.29, 0.717) is 11.5 Å². The third kappa shape index (κ3) is 43.1. The number of hydrogen-bond acceptors (Lipinski definition) is 41. The Morgan fingerprint density at radius 2 is 0.659 bits per heavy atom. The lowest BCUT2D eigenvalue weighted by molar-refractivity contribution is -0.185. The third-order valence-corrected chi connectivity index (χ3v) is 17.4. The van der Waals surface area contributed by atoms with E-state index in [-0.39, 0.29) is 71.3 Å². The number of nitrogens with two attached hydrogens (primary N) is 2. The topological polar surface area (TPSA) is 640 Å². The van der Waals surface area contributed by atoms with Crippen molar-refractivity contribution < 1.29 is 188 Å². The minimum absolute atomic E-state index is 0.0195. The number of carboxylic acids is 1. The highest BCUT2D eigenvalue weighted by molar-refractivity contribution is 7.89. The number of hydrogen-bond donors (Lipinski definition) is 6. The number of carboxylic acid groups (broad SMARTS) is 1. The van der Waals surface area contributed by atoms with Gasteiger partial charge in [0.1, 0.15) is 33.3 Å². The molecule has 0 spiro atoms. The monoisotopic (exact) mass is 1890 g/mol. The first-order valence-electron chi connectivity index (χ1n) is 35.5. The van der Waals surface area contributed by atoms with E-state index >= 15 is 0 Å². The first-order valence-corrected chi connectivity index (χ1v) is 40.8. The summed E-state index contributed by atoms with van der Waals surface area (Å²) in [4.78, 5) is 197. The molecule has 12 atom stereocenters. The van der Waals surface area contributed by atoms with Crippen molar-refractivity contribution in [3.63, 3.8) is 0 Å². The molecule has 0 aliphatic carbocycles. The van der Waals surface area contributed by atoms with E-state index in [1.165, 1.54) is 80.9 Å². The summed E-state index contributed by atoms with van der Waals surface area (Å²) in [5.41, 5.74) is -0.427. The molecule has 0 bridgehead atoms. The van der Waals surface area contributed by atoms with Crippen molar-refractivity contribution in [2.75, 3.05) is 48.8 Å². The van der Waals surface area contributed by atoms with Crippen LogP contribution in [0.2, 0.25) is 10.0 Å². The number of nitrogens with one attached hydrogen (secondary N) is 2. The van der Waals surface area contributed by atoms with E-state index in [2.05, 4.69) is 29.6 Å². The van der Waals surface area contributed by atoms with Gasteiger partial charge in [0.2, 0.25) is 25.3 Å². The molecular formula is C72H91Cl5N4O40S2. The molecule has 0 unspecified atom stereocenters. The molecule has 44 nitrogen and oxygen atoms in total. The van der Waals surface area contributed by atoms with Crippen LogP contribution in [0.5, 0.6) is 0 Å². The summed E-state index contributed by atoms with van der Waals surface area (Å²) < 4.78 is 129. The van der Waals surface area contributed by atoms with E-state index in [1.54, 1.807) is 45.0 Å². The van der Waals surface area contributed by atoms with Gasteiger partial charge in [0.05, 0.1) is 83.9 Å². The number of aliphatic hydroxyl groups excluding tert-OH is 1. The van der Waals surface area contributed by atoms with Crippen molar-refractivity contribution >= 4 is 190 Å². The minimum atomic E-state index is -4.36. The van der Waals surface area contributed by atoms with Gasteiger partial charge in [-0.2, -0.15) is 0 Å². The van der Waals surface area contributed by atoms with Crippen LogP contribution in [0, 0.1) is 0 Å². The van der Waals surface area contributed by atoms with Gasteiger partial charge in [0, 0.05) is 0 Å². The second-order valence-corrected chi connectivity index (χ2v) is 28.9. The molecule has 0 radical (unpaired) electrons. The highest BCUT2D eigenvalue weighted by Crippen LogP contribution is 2.31. The largest absolute Gasteiger partial charge is 0.478 e. The van der Waals surface area contributed by atoms with Gasteiger partial charge in [-0.1, -0.05) is 23.2 Å². The zero-order valence-corrected chi connectivity index (χ0v) is 73.5. The van der Waals surface area contributed by atoms with Gasteiger partial charge in [0.25, 0.3) is 0 Å². The lowest BCUT2D eigenvalue weighted by Crippen LogP contribution is -2.37. The number of esters is 15. The SMILES string of the molecule is CCOC(=O)[C@H](C)OC(=O)[C@H](C)OC(=O)[C@H](C)OC(=O)[C@H](C)O.CCOC(=O)[C@H](C)OC(=O)[C@H](C)OC(=O)[C@H](C)OC(=O)[C@H](C)OC(=O)CCl.CCOC(=O)[C@H](C)OC(=O)[C@H](C)OC(=O)[C@H](C)OC(=O)[C@H](C)OC(=O)COC(=O)c1cc(S(N)(=O)=O)c(Cl)cc1NCc1ccco1.NS(=O)(=O)c1cc(C(=O)O)c(NCc2ccco2)cc1Cl.O=C(Cl)CCl. The average molecular weight is 1890 g/mol. The first kappa shape index (κ1) is 112. The van der Waals surface area contributed by atoms with Gasteiger partial charge in [-0.15, -0.1) is 23.2 Å². The van der Waals surface area contributed by atoms with Crippen molar-refractivity contribution in [3.05, 3.63) is 93.7 Å². The molecule has 2 aromatic carbocycles. The number of carbonyl (C=O) groups excluding carboxylic acids is 16. The molecule has 4 rings (SSSR count). The fourth-order valence-electron chi connectivity index (χ4n) is 7.78. The Labute approximate surface area is 727 Å². The minimum Gasteiger partial charge on any atom is -0.478 e. The van der Waals surface area contributed by atoms with Crippen molar-refractivity contribution in [1.29, 1.82) is 0 Å². The van der Waals surface area contributed by atoms with Crippen LogP contribution in [-0.2, 0) is 176 Å². The molecule has 0 fully saturated rings. The van der Waals surface area contributed by atoms with Crippen molar-refractivity contribution in [1.82, 2.24) is 0 Å². The number of carbonyl (C=O) groups is 17. The molecule has 0 saturated heterocycles. The molecule has 4 aromatic rings. The molecule has 686 valence electrons. The summed E-state index contributed by atoms with van der Waals surface area (Å²) in [5.74, 6) is -15.7. The van der Waals surface area contributed by atoms with Crippen molar-refractivity contribution in [2.45, 2.75) is 200 Å². The van der Waals surface area contributed by atoms with Crippen LogP contribution in [0.25, 0.3) is 0 Å². The lowest BCUT2D eigenvalue weighted by atomic mass is 10.1. The number of benzene rings is 2. The Hall–Kier alpha value is -11.0. The van der Waals surface area contributed by atoms with Crippen LogP contribution in [-0.4, -0.2) is 239 Å². The maximum atomic E-state index is 12.8. The molecule has 0 amide bonds. The Morgan fingerprint density at radius 3 is 0.902 bits per heavy atom. The Kier molecular flexibility index (Phi) is 50.9. The van der Waals surface area contributed by atoms with E-state index in [0.717, 1.165) is 39.0 Å². The maximum Gasteiger partial charge on any atom is 0.347 e. The molecule has 0 aliphatic heterocycles. The fraction of sp³-hybridized carbons (Fsp3) is 0.486. The number of anilines is 2. The van der Waals surface area contributed by atoms with Crippen LogP contribution in [0.4, 0.5) is 11.4 Å². The molecular weight excluding hydrogens is 1800 g/mol. The second-order valence-electron chi connectivity index (χ2n) is 24.0. The van der Waals surface area contributed by atoms with Crippen LogP contribution >= 0.6 is 58.0 Å². The standard InChI is InChI=1S/C28H33ClN2O15S.C16H23ClO10.C14H22O9.C12H11ClN2O5S.C2H2Cl2O/c1-6-40-24(33)14(2)44-26(35)16(4)46-27(36)17(5)45-25(34)15(3)43-23(32)13-42-28(37)19-10-22(47(30,38)39)20(29)11-21(19)31-12-18-8-7-9-41-18;1-6-23-13(19)8(2)25-15(21)10(4)27-16(22)11(5)26-14(20)9(3)24-12(18)7-17;1-6-20-12(17)8(3)22-14(19)10(5)23-13(18)9(4)21-11(16)7(2)15;13-9-5-10(15-6-7-2-1-3-20-7)8(12(16)17)4-11(9)21(14,18)19;3-1-2(4)5/h7-11,14-17,31H,6,12-13H2,1-5H3,(H2,30,38,39);8-11H,6-7H2,1-5H3;7-10,15H,6H2,1-5H3;1-5,15H,6H2,(H,16,17)(H2,14,18,19);1H2/t14-,15-,16-,17-;8-,9-,10-,11-;7-,8-,9-,10-;;/m000../s1. The molecule has 51 heteroatoms. The highest BCUT2D eigenvalue weighted by Gasteiger charge is 2.35. The van der Waals surface area contributed by atoms with Crippen LogP contribution in [0.15, 0.2) is 79.7 Å². The zero-order valence-electron chi connectivity index (χ0n) is 68.1. The van der Waals surface area contributed by atoms with E-state index < -0.39 is 216 Å². The van der Waals surface area contributed by atoms with Gasteiger partial charge < -0.3 is 101 Å². The molecule has 123 heavy (non-hydrogen) atoms. The fourth-order valence-corrected chi connectivity index (χ4v) is 10.0. The number of aromatic carboxylic acids is 1. The third-order valence-electron chi connectivity index (χ3n) is 13.9. The molecule has 0 aliphatic rings. The Bertz CT molecular complexity index is 4530. The lowest BCUT2D eigenvalue weighted by Gasteiger charge is -2.19. The smallest absolute Gasteiger partial charge is 0.347 e. The van der Waals surface area contributed by atoms with E-state index in [9.17, 15) is 98.3 Å². The van der Waals surface area contributed by atoms with Gasteiger partial charge in [-0.05, 0) is 164 Å². The number of aliphatic hydroxyl groups is 1. The number of furan rings is 2. The normalized spacial score (nSPS) is 13.6. The summed E-state index contributed by atoms with van der Waals surface area (Å²) >= 11 is 26.7. The molecule has 2 aromatic heterocycles. The van der Waals surface area contributed by atoms with Crippen LogP contribution in [0.1, 0.15) is 136 Å². The number of alkyl halides is 2. The highest BCUT2D eigenvalue weighted by atomic mass is 35.5. The van der Waals surface area contributed by atoms with E-state index in [1.807, 2.05) is 0 Å². The predicted octanol–water partition coefficient (Wildman–Crippen LogP) is 4.76. The summed E-state index contributed by atoms with van der Waals surface area (Å²) in [7, 11) is -8.47. The number of halogens is 5. The van der Waals surface area contributed by atoms with E-state index in [4.69, 9.17) is 139 Å². The van der Waals surface area contributed by atoms with Crippen molar-refractivity contribution in [2.24, 2.45) is 10.3 Å². The molecule has 0 saturated carbocycles. The Balaban J connectivity index is 0.00000167. The molecule has 8 N–H and O–H groups in total. The predicted molar refractivity (Wildman–Crippen MR) is 420 cm³/mol. The first-order chi connectivity index (χ1) is 57.1. The number of rotatable bonds is 40. The zero-order chi connectivity index (χ0) is 94.7. The van der Waals surface area contributed by atoms with Gasteiger partial charge >= 0.3 is 95.5 Å². The quantitative estimate of drug-likeness (QED) is 0.0151. The van der Waals surface area contributed by atoms with Gasteiger partial charge in [0.15, 0.2) is 73.8 Å². The van der Waals surface area contributed by atoms with Crippen LogP contribution in [0.3, 0.4) is 0 Å². The summed E-state index contributed by atoms with van der Waals surface area (Å²) in [5, 5.41) is 33.0. The summed E-state index contributed by atoms with van der Waals surface area (Å²) in [6, 6.07) is 10.7. The molecule has 2 heterocycles. The summed E-state index contributed by atoms with van der Waals surface area (Å²) in [6.07, 6.45) is -13.4. The van der Waals surface area contributed by atoms with Gasteiger partial charge in [-0.25, -0.2) is 99.0 Å². The average Bonchev–Trinajstić information content (AvgIpc) is 0.916. The number of primary sulfonamides is 2. The van der Waals surface area contributed by atoms with Gasteiger partial charge in [-0.3, -0.25) is 9.59 Å². The summed E-state index contributed by atoms with van der Waals surface area (Å²) in [6.45, 7) is 18.9. The van der Waals surface area contributed by atoms with Crippen molar-refractivity contribution in [3.8, 4) is 0 Å². The van der Waals surface area contributed by atoms with Crippen LogP contribution < -0.4 is 20.9 Å². The number of ether oxygens (including phenoxy) is 15.